The SMILES string of the molecule is Cc1cc(C)c(S(=O)CC(F)(F)F)cc1N=C(c1ccccc1)N(C)C. The molecule has 0 saturated heterocycles. The standard InChI is InChI=1S/C19H21F3N2OS/c1-13-10-14(2)17(26(25)12-19(20,21)22)11-16(13)23-18(24(3)4)15-8-6-5-7-9-15/h5-11H,12H2,1-4H3. The van der Waals surface area contributed by atoms with Gasteiger partial charge in [-0.25, -0.2) is 4.99 Å². The van der Waals surface area contributed by atoms with Crippen molar-refractivity contribution in [3.05, 3.63) is 59.2 Å². The zero-order chi connectivity index (χ0) is 19.5. The van der Waals surface area contributed by atoms with Crippen LogP contribution in [0.4, 0.5) is 18.9 Å². The number of hydrogen-bond acceptors (Lipinski definition) is 2. The predicted molar refractivity (Wildman–Crippen MR) is 99.6 cm³/mol. The number of amidine groups is 1. The molecule has 0 N–H and O–H groups in total. The van der Waals surface area contributed by atoms with E-state index in [4.69, 9.17) is 0 Å². The molecule has 0 amide bonds. The second-order valence-corrected chi connectivity index (χ2v) is 7.62. The summed E-state index contributed by atoms with van der Waals surface area (Å²) in [4.78, 5) is 6.63. The van der Waals surface area contributed by atoms with Gasteiger partial charge in [0.15, 0.2) is 0 Å². The van der Waals surface area contributed by atoms with Crippen LogP contribution in [-0.2, 0) is 10.8 Å². The van der Waals surface area contributed by atoms with Gasteiger partial charge in [-0.1, -0.05) is 36.4 Å². The Morgan fingerprint density at radius 1 is 1.08 bits per heavy atom. The van der Waals surface area contributed by atoms with Gasteiger partial charge < -0.3 is 4.90 Å². The molecular weight excluding hydrogens is 361 g/mol. The van der Waals surface area contributed by atoms with E-state index in [1.54, 1.807) is 13.0 Å². The number of nitrogens with zero attached hydrogens (tertiary/aromatic N) is 2. The highest BCUT2D eigenvalue weighted by atomic mass is 32.2. The fourth-order valence-corrected chi connectivity index (χ4v) is 3.65. The van der Waals surface area contributed by atoms with E-state index in [2.05, 4.69) is 4.99 Å². The molecule has 0 spiro atoms. The van der Waals surface area contributed by atoms with Crippen molar-refractivity contribution in [2.24, 2.45) is 4.99 Å². The number of alkyl halides is 3. The Labute approximate surface area is 154 Å². The van der Waals surface area contributed by atoms with Crippen LogP contribution in [0.2, 0.25) is 0 Å². The normalized spacial score (nSPS) is 13.6. The largest absolute Gasteiger partial charge is 0.400 e. The summed E-state index contributed by atoms with van der Waals surface area (Å²) in [6.07, 6.45) is -4.48. The third-order valence-corrected chi connectivity index (χ3v) is 5.24. The number of benzene rings is 2. The second kappa shape index (κ2) is 8.03. The van der Waals surface area contributed by atoms with Crippen LogP contribution in [0.1, 0.15) is 16.7 Å². The average molecular weight is 382 g/mol. The summed E-state index contributed by atoms with van der Waals surface area (Å²) in [5, 5.41) is 0. The lowest BCUT2D eigenvalue weighted by Crippen LogP contribution is -2.22. The zero-order valence-corrected chi connectivity index (χ0v) is 15.9. The van der Waals surface area contributed by atoms with E-state index >= 15 is 0 Å². The summed E-state index contributed by atoms with van der Waals surface area (Å²) >= 11 is 0. The molecule has 1 unspecified atom stereocenters. The quantitative estimate of drug-likeness (QED) is 0.571. The number of aryl methyl sites for hydroxylation is 2. The molecule has 3 nitrogen and oxygen atoms in total. The Morgan fingerprint density at radius 3 is 2.23 bits per heavy atom. The Bertz CT molecular complexity index is 831. The summed E-state index contributed by atoms with van der Waals surface area (Å²) in [5.74, 6) is -0.690. The fourth-order valence-electron chi connectivity index (χ4n) is 2.54. The molecule has 2 aromatic rings. The Kier molecular flexibility index (Phi) is 6.23. The van der Waals surface area contributed by atoms with Crippen molar-refractivity contribution >= 4 is 22.3 Å². The molecule has 2 rings (SSSR count). The minimum atomic E-state index is -4.48. The first kappa shape index (κ1) is 20.2. The van der Waals surface area contributed by atoms with Gasteiger partial charge in [-0.3, -0.25) is 4.21 Å². The Balaban J connectivity index is 2.52. The highest BCUT2D eigenvalue weighted by Crippen LogP contribution is 2.29. The summed E-state index contributed by atoms with van der Waals surface area (Å²) in [6.45, 7) is 3.49. The maximum atomic E-state index is 12.6. The topological polar surface area (TPSA) is 32.7 Å². The van der Waals surface area contributed by atoms with E-state index < -0.39 is 22.7 Å². The minimum Gasteiger partial charge on any atom is -0.362 e. The van der Waals surface area contributed by atoms with Crippen molar-refractivity contribution in [1.82, 2.24) is 4.90 Å². The second-order valence-electron chi connectivity index (χ2n) is 6.21. The highest BCUT2D eigenvalue weighted by Gasteiger charge is 2.31. The van der Waals surface area contributed by atoms with Crippen molar-refractivity contribution in [3.8, 4) is 0 Å². The van der Waals surface area contributed by atoms with Gasteiger partial charge in [0.05, 0.1) is 16.5 Å². The van der Waals surface area contributed by atoms with Crippen LogP contribution in [0.3, 0.4) is 0 Å². The lowest BCUT2D eigenvalue weighted by atomic mass is 10.1. The van der Waals surface area contributed by atoms with E-state index in [0.29, 0.717) is 17.1 Å². The van der Waals surface area contributed by atoms with E-state index in [9.17, 15) is 17.4 Å². The van der Waals surface area contributed by atoms with Crippen LogP contribution in [-0.4, -0.2) is 41.0 Å². The summed E-state index contributed by atoms with van der Waals surface area (Å²) in [7, 11) is 1.53. The van der Waals surface area contributed by atoms with Crippen molar-refractivity contribution in [1.29, 1.82) is 0 Å². The molecule has 0 aliphatic heterocycles. The maximum absolute atomic E-state index is 12.6. The van der Waals surface area contributed by atoms with E-state index in [0.717, 1.165) is 11.1 Å². The van der Waals surface area contributed by atoms with Gasteiger partial charge in [0.2, 0.25) is 0 Å². The van der Waals surface area contributed by atoms with Crippen molar-refractivity contribution in [2.45, 2.75) is 24.9 Å². The van der Waals surface area contributed by atoms with Crippen molar-refractivity contribution < 1.29 is 17.4 Å². The molecular formula is C19H21F3N2OS. The molecule has 7 heteroatoms. The summed E-state index contributed by atoms with van der Waals surface area (Å²) in [5.41, 5.74) is 2.77. The molecule has 0 aliphatic rings. The first-order valence-corrected chi connectivity index (χ1v) is 9.28. The van der Waals surface area contributed by atoms with Gasteiger partial charge in [-0.15, -0.1) is 0 Å². The first-order chi connectivity index (χ1) is 12.1. The summed E-state index contributed by atoms with van der Waals surface area (Å²) < 4.78 is 50.0. The lowest BCUT2D eigenvalue weighted by molar-refractivity contribution is -0.105. The third-order valence-electron chi connectivity index (χ3n) is 3.72. The minimum absolute atomic E-state index is 0.165. The molecule has 0 saturated carbocycles. The van der Waals surface area contributed by atoms with Gasteiger partial charge in [0, 0.05) is 24.6 Å². The fraction of sp³-hybridized carbons (Fsp3) is 0.316. The molecule has 0 heterocycles. The van der Waals surface area contributed by atoms with E-state index in [1.807, 2.05) is 56.3 Å². The van der Waals surface area contributed by atoms with Gasteiger partial charge in [0.25, 0.3) is 0 Å². The lowest BCUT2D eigenvalue weighted by Gasteiger charge is -2.17. The van der Waals surface area contributed by atoms with Gasteiger partial charge in [-0.2, -0.15) is 13.2 Å². The van der Waals surface area contributed by atoms with Crippen LogP contribution in [0, 0.1) is 13.8 Å². The zero-order valence-electron chi connectivity index (χ0n) is 15.1. The smallest absolute Gasteiger partial charge is 0.362 e. The average Bonchev–Trinajstić information content (AvgIpc) is 2.52. The molecule has 1 atom stereocenters. The highest BCUT2D eigenvalue weighted by molar-refractivity contribution is 7.85. The van der Waals surface area contributed by atoms with Crippen LogP contribution in [0.15, 0.2) is 52.4 Å². The first-order valence-electron chi connectivity index (χ1n) is 7.96. The Hall–Kier alpha value is -2.15. The Morgan fingerprint density at radius 2 is 1.69 bits per heavy atom. The maximum Gasteiger partial charge on any atom is 0.400 e. The molecule has 0 fully saturated rings. The molecule has 2 aromatic carbocycles. The molecule has 0 radical (unpaired) electrons. The third kappa shape index (κ3) is 5.17. The van der Waals surface area contributed by atoms with Gasteiger partial charge >= 0.3 is 6.18 Å². The number of hydrogen-bond donors (Lipinski definition) is 0. The van der Waals surface area contributed by atoms with Crippen molar-refractivity contribution in [3.63, 3.8) is 0 Å². The van der Waals surface area contributed by atoms with Gasteiger partial charge in [0.1, 0.15) is 11.6 Å². The number of aliphatic imine (C=N–C) groups is 1. The predicted octanol–water partition coefficient (Wildman–Crippen LogP) is 4.61. The summed E-state index contributed by atoms with van der Waals surface area (Å²) in [6, 6.07) is 12.7. The number of rotatable bonds is 4. The van der Waals surface area contributed by atoms with E-state index in [-0.39, 0.29) is 4.90 Å². The van der Waals surface area contributed by atoms with Gasteiger partial charge in [-0.05, 0) is 31.0 Å². The molecule has 0 aromatic heterocycles. The molecule has 26 heavy (non-hydrogen) atoms. The van der Waals surface area contributed by atoms with Crippen LogP contribution >= 0.6 is 0 Å². The van der Waals surface area contributed by atoms with Crippen LogP contribution in [0.25, 0.3) is 0 Å². The van der Waals surface area contributed by atoms with Crippen LogP contribution in [0.5, 0.6) is 0 Å². The monoisotopic (exact) mass is 382 g/mol. The van der Waals surface area contributed by atoms with Crippen LogP contribution < -0.4 is 0 Å². The molecule has 0 bridgehead atoms. The molecule has 140 valence electrons. The number of halogens is 3. The molecule has 0 aliphatic carbocycles. The van der Waals surface area contributed by atoms with E-state index in [1.165, 1.54) is 6.07 Å². The van der Waals surface area contributed by atoms with Crippen molar-refractivity contribution in [2.75, 3.05) is 19.8 Å².